The highest BCUT2D eigenvalue weighted by Crippen LogP contribution is 2.24. The molecule has 2 fully saturated rings. The molecule has 3 amide bonds. The van der Waals surface area contributed by atoms with E-state index in [1.165, 1.54) is 17.3 Å². The summed E-state index contributed by atoms with van der Waals surface area (Å²) < 4.78 is 58.2. The molecule has 0 radical (unpaired) electrons. The topological polar surface area (TPSA) is 105 Å². The van der Waals surface area contributed by atoms with Gasteiger partial charge in [-0.05, 0) is 31.9 Å². The van der Waals surface area contributed by atoms with Crippen LogP contribution in [0.2, 0.25) is 0 Å². The second-order valence-electron chi connectivity index (χ2n) is 6.79. The second kappa shape index (κ2) is 7.04. The Kier molecular flexibility index (Phi) is 5.08. The van der Waals surface area contributed by atoms with Crippen LogP contribution in [-0.2, 0) is 14.8 Å². The zero-order valence-electron chi connectivity index (χ0n) is 14.5. The van der Waals surface area contributed by atoms with Gasteiger partial charge in [0.05, 0.1) is 5.75 Å². The molecule has 0 unspecified atom stereocenters. The Morgan fingerprint density at radius 1 is 1.22 bits per heavy atom. The van der Waals surface area contributed by atoms with Crippen molar-refractivity contribution >= 4 is 22.0 Å². The third-order valence-corrected chi connectivity index (χ3v) is 6.67. The van der Waals surface area contributed by atoms with Crippen LogP contribution in [0.1, 0.15) is 19.8 Å². The summed E-state index contributed by atoms with van der Waals surface area (Å²) >= 11 is 0. The summed E-state index contributed by atoms with van der Waals surface area (Å²) in [6, 6.07) is 2.49. The van der Waals surface area contributed by atoms with E-state index in [1.54, 1.807) is 0 Å². The van der Waals surface area contributed by atoms with Crippen LogP contribution in [-0.4, -0.2) is 55.1 Å². The van der Waals surface area contributed by atoms with Gasteiger partial charge in [0.25, 0.3) is 5.91 Å². The zero-order chi connectivity index (χ0) is 19.8. The second-order valence-corrected chi connectivity index (χ2v) is 8.76. The molecule has 2 heterocycles. The first-order valence-corrected chi connectivity index (χ1v) is 9.93. The molecule has 0 saturated carbocycles. The van der Waals surface area contributed by atoms with Crippen molar-refractivity contribution in [1.29, 1.82) is 0 Å². The molecule has 0 aliphatic carbocycles. The van der Waals surface area contributed by atoms with Crippen molar-refractivity contribution < 1.29 is 31.5 Å². The number of urea groups is 1. The van der Waals surface area contributed by atoms with E-state index in [0.29, 0.717) is 12.8 Å². The smallest absolute Gasteiger partial charge is 0.322 e. The maximum absolute atomic E-state index is 13.2. The van der Waals surface area contributed by atoms with Gasteiger partial charge in [-0.1, -0.05) is 0 Å². The Bertz CT molecular complexity index is 871. The molecule has 11 heteroatoms. The fourth-order valence-corrected chi connectivity index (χ4v) is 4.99. The SMILES string of the molecule is C[C@]1(CS(=O)(=O)N2CCC(Oc3ccc(F)c(F)c3)CC2)NC(=O)NC1=O. The predicted octanol–water partition coefficient (Wildman–Crippen LogP) is 0.736. The van der Waals surface area contributed by atoms with Gasteiger partial charge in [-0.25, -0.2) is 26.3 Å². The fourth-order valence-electron chi connectivity index (χ4n) is 3.11. The molecule has 8 nitrogen and oxygen atoms in total. The van der Waals surface area contributed by atoms with Crippen molar-refractivity contribution in [1.82, 2.24) is 14.9 Å². The maximum atomic E-state index is 13.2. The van der Waals surface area contributed by atoms with Gasteiger partial charge < -0.3 is 10.1 Å². The molecule has 1 aromatic rings. The monoisotopic (exact) mass is 403 g/mol. The molecular weight excluding hydrogens is 384 g/mol. The summed E-state index contributed by atoms with van der Waals surface area (Å²) in [5.41, 5.74) is -1.52. The third kappa shape index (κ3) is 4.19. The summed E-state index contributed by atoms with van der Waals surface area (Å²) in [6.45, 7) is 1.66. The largest absolute Gasteiger partial charge is 0.490 e. The number of nitrogens with zero attached hydrogens (tertiary/aromatic N) is 1. The Balaban J connectivity index is 1.58. The van der Waals surface area contributed by atoms with Gasteiger partial charge in [0.2, 0.25) is 10.0 Å². The fraction of sp³-hybridized carbons (Fsp3) is 0.500. The quantitative estimate of drug-likeness (QED) is 0.706. The number of piperidine rings is 1. The van der Waals surface area contributed by atoms with Crippen LogP contribution in [0, 0.1) is 11.6 Å². The van der Waals surface area contributed by atoms with E-state index in [4.69, 9.17) is 4.74 Å². The first kappa shape index (κ1) is 19.5. The highest BCUT2D eigenvalue weighted by atomic mass is 32.2. The first-order chi connectivity index (χ1) is 12.6. The lowest BCUT2D eigenvalue weighted by Gasteiger charge is -2.33. The van der Waals surface area contributed by atoms with Gasteiger partial charge in [0.1, 0.15) is 17.4 Å². The third-order valence-electron chi connectivity index (χ3n) is 4.58. The van der Waals surface area contributed by atoms with Crippen LogP contribution in [0.3, 0.4) is 0 Å². The summed E-state index contributed by atoms with van der Waals surface area (Å²) in [5, 5.41) is 4.36. The van der Waals surface area contributed by atoms with E-state index in [0.717, 1.165) is 12.1 Å². The van der Waals surface area contributed by atoms with E-state index >= 15 is 0 Å². The number of hydrogen-bond acceptors (Lipinski definition) is 5. The molecule has 1 aromatic carbocycles. The normalized spacial score (nSPS) is 24.6. The molecule has 148 valence electrons. The van der Waals surface area contributed by atoms with Gasteiger partial charge >= 0.3 is 6.03 Å². The lowest BCUT2D eigenvalue weighted by Crippen LogP contribution is -2.53. The summed E-state index contributed by atoms with van der Waals surface area (Å²) in [6.07, 6.45) is 0.368. The van der Waals surface area contributed by atoms with Crippen LogP contribution in [0.4, 0.5) is 13.6 Å². The van der Waals surface area contributed by atoms with Crippen molar-refractivity contribution in [3.63, 3.8) is 0 Å². The number of amides is 3. The van der Waals surface area contributed by atoms with E-state index < -0.39 is 44.9 Å². The van der Waals surface area contributed by atoms with Crippen LogP contribution in [0.5, 0.6) is 5.75 Å². The van der Waals surface area contributed by atoms with Crippen molar-refractivity contribution in [2.24, 2.45) is 0 Å². The molecule has 2 aliphatic rings. The van der Waals surface area contributed by atoms with Crippen LogP contribution in [0.25, 0.3) is 0 Å². The minimum Gasteiger partial charge on any atom is -0.490 e. The molecule has 2 aliphatic heterocycles. The molecule has 1 atom stereocenters. The molecular formula is C16H19F2N3O5S. The number of hydrogen-bond donors (Lipinski definition) is 2. The standard InChI is InChI=1S/C16H19F2N3O5S/c1-16(14(22)19-15(23)20-16)9-27(24,25)21-6-4-10(5-7-21)26-11-2-3-12(17)13(18)8-11/h2-3,8,10H,4-7,9H2,1H3,(H2,19,20,22,23)/t16-/m1/s1. The van der Waals surface area contributed by atoms with Crippen molar-refractivity contribution in [3.8, 4) is 5.75 Å². The predicted molar refractivity (Wildman–Crippen MR) is 90.4 cm³/mol. The number of rotatable bonds is 5. The highest BCUT2D eigenvalue weighted by molar-refractivity contribution is 7.89. The molecule has 2 N–H and O–H groups in total. The van der Waals surface area contributed by atoms with Gasteiger partial charge in [0.15, 0.2) is 11.6 Å². The van der Waals surface area contributed by atoms with Gasteiger partial charge in [-0.15, -0.1) is 0 Å². The molecule has 0 bridgehead atoms. The average Bonchev–Trinajstić information content (AvgIpc) is 2.82. The number of sulfonamides is 1. The number of carbonyl (C=O) groups is 2. The zero-order valence-corrected chi connectivity index (χ0v) is 15.3. The number of nitrogens with one attached hydrogen (secondary N) is 2. The summed E-state index contributed by atoms with van der Waals surface area (Å²) in [7, 11) is -3.80. The van der Waals surface area contributed by atoms with Crippen molar-refractivity contribution in [2.75, 3.05) is 18.8 Å². The highest BCUT2D eigenvalue weighted by Gasteiger charge is 2.46. The Morgan fingerprint density at radius 2 is 1.89 bits per heavy atom. The van der Waals surface area contributed by atoms with E-state index in [9.17, 15) is 26.8 Å². The number of ether oxygens (including phenoxy) is 1. The summed E-state index contributed by atoms with van der Waals surface area (Å²) in [5.74, 6) is -3.05. The van der Waals surface area contributed by atoms with Crippen molar-refractivity contribution in [2.45, 2.75) is 31.4 Å². The molecule has 3 rings (SSSR count). The molecule has 2 saturated heterocycles. The average molecular weight is 403 g/mol. The lowest BCUT2D eigenvalue weighted by molar-refractivity contribution is -0.122. The number of halogens is 2. The number of imide groups is 1. The van der Waals surface area contributed by atoms with Crippen LogP contribution >= 0.6 is 0 Å². The molecule has 0 aromatic heterocycles. The minimum atomic E-state index is -3.80. The Morgan fingerprint density at radius 3 is 2.44 bits per heavy atom. The van der Waals surface area contributed by atoms with Gasteiger partial charge in [0, 0.05) is 19.2 Å². The maximum Gasteiger partial charge on any atom is 0.322 e. The van der Waals surface area contributed by atoms with Gasteiger partial charge in [-0.2, -0.15) is 0 Å². The molecule has 0 spiro atoms. The van der Waals surface area contributed by atoms with E-state index in [-0.39, 0.29) is 24.9 Å². The van der Waals surface area contributed by atoms with Gasteiger partial charge in [-0.3, -0.25) is 10.1 Å². The van der Waals surface area contributed by atoms with Crippen LogP contribution < -0.4 is 15.4 Å². The first-order valence-electron chi connectivity index (χ1n) is 8.32. The Hall–Kier alpha value is -2.27. The van der Waals surface area contributed by atoms with Crippen LogP contribution in [0.15, 0.2) is 18.2 Å². The summed E-state index contributed by atoms with van der Waals surface area (Å²) in [4.78, 5) is 23.1. The number of benzene rings is 1. The number of carbonyl (C=O) groups excluding carboxylic acids is 2. The lowest BCUT2D eigenvalue weighted by atomic mass is 10.1. The van der Waals surface area contributed by atoms with E-state index in [2.05, 4.69) is 5.32 Å². The van der Waals surface area contributed by atoms with Crippen molar-refractivity contribution in [3.05, 3.63) is 29.8 Å². The minimum absolute atomic E-state index is 0.155. The Labute approximate surface area is 154 Å². The molecule has 27 heavy (non-hydrogen) atoms. The van der Waals surface area contributed by atoms with E-state index in [1.807, 2.05) is 5.32 Å².